The maximum absolute atomic E-state index is 14.0. The van der Waals surface area contributed by atoms with E-state index in [0.717, 1.165) is 17.7 Å². The third-order valence-electron chi connectivity index (χ3n) is 3.59. The van der Waals surface area contributed by atoms with E-state index in [9.17, 15) is 4.39 Å². The molecular formula is C14H23FN2. The molecule has 0 amide bonds. The fourth-order valence-corrected chi connectivity index (χ4v) is 1.75. The first-order valence-electron chi connectivity index (χ1n) is 6.04. The lowest BCUT2D eigenvalue weighted by atomic mass is 9.80. The number of nitrogens with zero attached hydrogens (tertiary/aromatic N) is 2. The second-order valence-electron chi connectivity index (χ2n) is 5.07. The first-order chi connectivity index (χ1) is 7.85. The maximum atomic E-state index is 14.0. The van der Waals surface area contributed by atoms with Crippen LogP contribution in [0, 0.1) is 5.41 Å². The van der Waals surface area contributed by atoms with Gasteiger partial charge in [0.25, 0.3) is 6.42 Å². The summed E-state index contributed by atoms with van der Waals surface area (Å²) in [5, 5.41) is 0. The zero-order chi connectivity index (χ0) is 13.2. The summed E-state index contributed by atoms with van der Waals surface area (Å²) in [4.78, 5) is 3.16. The van der Waals surface area contributed by atoms with E-state index in [-0.39, 0.29) is 5.41 Å². The molecular weight excluding hydrogens is 215 g/mol. The summed E-state index contributed by atoms with van der Waals surface area (Å²) in [5.41, 5.74) is 1.83. The van der Waals surface area contributed by atoms with E-state index in [2.05, 4.69) is 27.4 Å². The zero-order valence-electron chi connectivity index (χ0n) is 11.5. The van der Waals surface area contributed by atoms with Crippen LogP contribution in [-0.4, -0.2) is 23.3 Å². The van der Waals surface area contributed by atoms with Crippen LogP contribution < -0.4 is 0 Å². The van der Waals surface area contributed by atoms with Crippen LogP contribution in [0.2, 0.25) is 0 Å². The van der Waals surface area contributed by atoms with Crippen molar-refractivity contribution in [3.63, 3.8) is 0 Å². The Hall–Kier alpha value is -1.25. The van der Waals surface area contributed by atoms with Gasteiger partial charge in [-0.15, -0.1) is 0 Å². The fraction of sp³-hybridized carbons (Fsp3) is 0.571. The van der Waals surface area contributed by atoms with Gasteiger partial charge in [-0.25, -0.2) is 0 Å². The predicted molar refractivity (Wildman–Crippen MR) is 70.6 cm³/mol. The van der Waals surface area contributed by atoms with Crippen LogP contribution in [0.3, 0.4) is 0 Å². The lowest BCUT2D eigenvalue weighted by Crippen LogP contribution is -2.34. The fourth-order valence-electron chi connectivity index (χ4n) is 1.75. The standard InChI is InChI=1S/C14H23FN2/c1-7-12(11(3)14(4,5)8-2)17-10-9-16(6)13(17)15/h7,9-10,13H,3,8H2,1-2,4-6H3/b12-7+/t13-/m1/s1. The SMILES string of the molecule is C=C(/C(=C\C)N1C=CN(C)[C@H]1F)C(C)(C)CC. The second kappa shape index (κ2) is 4.94. The molecule has 96 valence electrons. The minimum Gasteiger partial charge on any atom is -0.333 e. The van der Waals surface area contributed by atoms with Crippen molar-refractivity contribution in [2.75, 3.05) is 7.05 Å². The van der Waals surface area contributed by atoms with Gasteiger partial charge in [-0.05, 0) is 24.3 Å². The van der Waals surface area contributed by atoms with E-state index >= 15 is 0 Å². The smallest absolute Gasteiger partial charge is 0.253 e. The van der Waals surface area contributed by atoms with E-state index in [1.807, 2.05) is 13.0 Å². The van der Waals surface area contributed by atoms with Gasteiger partial charge in [0.05, 0.1) is 0 Å². The molecule has 0 aromatic heterocycles. The maximum Gasteiger partial charge on any atom is 0.253 e. The van der Waals surface area contributed by atoms with Gasteiger partial charge in [0, 0.05) is 25.1 Å². The molecule has 1 aliphatic heterocycles. The highest BCUT2D eigenvalue weighted by Crippen LogP contribution is 2.37. The first-order valence-corrected chi connectivity index (χ1v) is 6.04. The molecule has 17 heavy (non-hydrogen) atoms. The lowest BCUT2D eigenvalue weighted by Gasteiger charge is -2.33. The molecule has 0 N–H and O–H groups in total. The Morgan fingerprint density at radius 1 is 1.47 bits per heavy atom. The summed E-state index contributed by atoms with van der Waals surface area (Å²) in [6, 6.07) is 0. The van der Waals surface area contributed by atoms with Crippen molar-refractivity contribution in [2.45, 2.75) is 40.5 Å². The molecule has 1 rings (SSSR count). The van der Waals surface area contributed by atoms with Crippen molar-refractivity contribution in [2.24, 2.45) is 5.41 Å². The molecule has 0 bridgehead atoms. The highest BCUT2D eigenvalue weighted by Gasteiger charge is 2.31. The molecule has 1 aliphatic rings. The molecule has 0 spiro atoms. The average molecular weight is 238 g/mol. The number of rotatable bonds is 4. The highest BCUT2D eigenvalue weighted by atomic mass is 19.1. The van der Waals surface area contributed by atoms with E-state index in [1.54, 1.807) is 24.3 Å². The topological polar surface area (TPSA) is 6.48 Å². The molecule has 0 unspecified atom stereocenters. The average Bonchev–Trinajstić information content (AvgIpc) is 2.62. The van der Waals surface area contributed by atoms with Crippen LogP contribution >= 0.6 is 0 Å². The zero-order valence-corrected chi connectivity index (χ0v) is 11.5. The van der Waals surface area contributed by atoms with Gasteiger partial charge >= 0.3 is 0 Å². The van der Waals surface area contributed by atoms with Crippen LogP contribution in [0.5, 0.6) is 0 Å². The monoisotopic (exact) mass is 238 g/mol. The van der Waals surface area contributed by atoms with E-state index in [4.69, 9.17) is 0 Å². The van der Waals surface area contributed by atoms with Crippen LogP contribution in [0.4, 0.5) is 4.39 Å². The van der Waals surface area contributed by atoms with Crippen molar-refractivity contribution in [3.05, 3.63) is 36.3 Å². The third kappa shape index (κ3) is 2.54. The Morgan fingerprint density at radius 2 is 2.06 bits per heavy atom. The Bertz CT molecular complexity index is 355. The quantitative estimate of drug-likeness (QED) is 0.542. The molecule has 0 fully saturated rings. The van der Waals surface area contributed by atoms with Gasteiger partial charge < -0.3 is 4.90 Å². The number of halogens is 1. The molecule has 1 atom stereocenters. The summed E-state index contributed by atoms with van der Waals surface area (Å²) in [7, 11) is 1.72. The van der Waals surface area contributed by atoms with E-state index < -0.39 is 6.42 Å². The van der Waals surface area contributed by atoms with Gasteiger partial charge in [0.15, 0.2) is 0 Å². The van der Waals surface area contributed by atoms with Crippen molar-refractivity contribution in [1.82, 2.24) is 9.80 Å². The molecule has 2 nitrogen and oxygen atoms in total. The normalized spacial score (nSPS) is 21.3. The summed E-state index contributed by atoms with van der Waals surface area (Å²) in [6.07, 6.45) is 5.27. The van der Waals surface area contributed by atoms with Gasteiger partial charge in [0.2, 0.25) is 0 Å². The largest absolute Gasteiger partial charge is 0.333 e. The second-order valence-corrected chi connectivity index (χ2v) is 5.07. The Morgan fingerprint density at radius 3 is 2.41 bits per heavy atom. The van der Waals surface area contributed by atoms with Crippen LogP contribution in [0.15, 0.2) is 36.3 Å². The van der Waals surface area contributed by atoms with Crippen LogP contribution in [-0.2, 0) is 0 Å². The van der Waals surface area contributed by atoms with Gasteiger partial charge in [-0.3, -0.25) is 4.90 Å². The summed E-state index contributed by atoms with van der Waals surface area (Å²) < 4.78 is 14.0. The van der Waals surface area contributed by atoms with Gasteiger partial charge in [0.1, 0.15) is 0 Å². The van der Waals surface area contributed by atoms with E-state index in [1.165, 1.54) is 4.90 Å². The van der Waals surface area contributed by atoms with Crippen molar-refractivity contribution < 1.29 is 4.39 Å². The van der Waals surface area contributed by atoms with Crippen molar-refractivity contribution >= 4 is 0 Å². The molecule has 0 aliphatic carbocycles. The number of hydrogen-bond donors (Lipinski definition) is 0. The first kappa shape index (κ1) is 13.8. The molecule has 0 aromatic carbocycles. The Labute approximate surface area is 104 Å². The van der Waals surface area contributed by atoms with Gasteiger partial charge in [-0.1, -0.05) is 33.4 Å². The van der Waals surface area contributed by atoms with Crippen LogP contribution in [0.25, 0.3) is 0 Å². The van der Waals surface area contributed by atoms with Crippen molar-refractivity contribution in [1.29, 1.82) is 0 Å². The number of alkyl halides is 1. The highest BCUT2D eigenvalue weighted by molar-refractivity contribution is 5.34. The summed E-state index contributed by atoms with van der Waals surface area (Å²) in [5.74, 6) is 0. The van der Waals surface area contributed by atoms with Crippen molar-refractivity contribution in [3.8, 4) is 0 Å². The lowest BCUT2D eigenvalue weighted by molar-refractivity contribution is 0.0664. The number of allylic oxidation sites excluding steroid dienone is 2. The minimum absolute atomic E-state index is 0.0173. The molecule has 0 radical (unpaired) electrons. The third-order valence-corrected chi connectivity index (χ3v) is 3.59. The molecule has 0 saturated carbocycles. The number of hydrogen-bond acceptors (Lipinski definition) is 2. The summed E-state index contributed by atoms with van der Waals surface area (Å²) >= 11 is 0. The molecule has 0 saturated heterocycles. The minimum atomic E-state index is -1.13. The molecule has 0 aromatic rings. The van der Waals surface area contributed by atoms with Crippen LogP contribution in [0.1, 0.15) is 34.1 Å². The predicted octanol–water partition coefficient (Wildman–Crippen LogP) is 3.85. The summed E-state index contributed by atoms with van der Waals surface area (Å²) in [6.45, 7) is 12.5. The Balaban J connectivity index is 2.96. The van der Waals surface area contributed by atoms with Gasteiger partial charge in [-0.2, -0.15) is 4.39 Å². The van der Waals surface area contributed by atoms with E-state index in [0.29, 0.717) is 0 Å². The Kier molecular flexibility index (Phi) is 4.02. The molecule has 1 heterocycles. The molecule has 3 heteroatoms.